The van der Waals surface area contributed by atoms with Gasteiger partial charge < -0.3 is 0 Å². The molecule has 3 rings (SSSR count). The van der Waals surface area contributed by atoms with E-state index in [4.69, 9.17) is 11.6 Å². The Morgan fingerprint density at radius 1 is 1.33 bits per heavy atom. The van der Waals surface area contributed by atoms with Crippen LogP contribution in [0.25, 0.3) is 0 Å². The van der Waals surface area contributed by atoms with Crippen molar-refractivity contribution in [3.05, 3.63) is 34.9 Å². The van der Waals surface area contributed by atoms with Gasteiger partial charge in [0.1, 0.15) is 6.34 Å². The molecule has 0 fully saturated rings. The molecular formula is C11H8ClN5O. The summed E-state index contributed by atoms with van der Waals surface area (Å²) in [6, 6.07) is 6.74. The van der Waals surface area contributed by atoms with E-state index in [0.717, 1.165) is 5.56 Å². The van der Waals surface area contributed by atoms with Crippen LogP contribution in [0, 0.1) is 0 Å². The molecule has 2 aliphatic rings. The van der Waals surface area contributed by atoms with Crippen LogP contribution in [-0.4, -0.2) is 29.1 Å². The lowest BCUT2D eigenvalue weighted by atomic mass is 10.2. The summed E-state index contributed by atoms with van der Waals surface area (Å²) in [5.41, 5.74) is 0.899. The van der Waals surface area contributed by atoms with E-state index in [1.807, 2.05) is 18.2 Å². The van der Waals surface area contributed by atoms with Gasteiger partial charge in [-0.05, 0) is 11.6 Å². The van der Waals surface area contributed by atoms with Gasteiger partial charge in [-0.25, -0.2) is 10.0 Å². The molecule has 0 saturated carbocycles. The van der Waals surface area contributed by atoms with E-state index in [1.54, 1.807) is 11.1 Å². The summed E-state index contributed by atoms with van der Waals surface area (Å²) in [4.78, 5) is 19.1. The molecule has 1 unspecified atom stereocenters. The van der Waals surface area contributed by atoms with Crippen molar-refractivity contribution in [2.24, 2.45) is 20.3 Å². The smallest absolute Gasteiger partial charge is 0.269 e. The molecule has 1 aromatic carbocycles. The number of benzene rings is 1. The van der Waals surface area contributed by atoms with Crippen LogP contribution in [0.4, 0.5) is 0 Å². The van der Waals surface area contributed by atoms with Gasteiger partial charge in [-0.2, -0.15) is 4.99 Å². The van der Waals surface area contributed by atoms with Gasteiger partial charge in [0.05, 0.1) is 6.54 Å². The molecule has 1 amide bonds. The van der Waals surface area contributed by atoms with Crippen molar-refractivity contribution < 1.29 is 4.79 Å². The number of rotatable bonds is 2. The zero-order chi connectivity index (χ0) is 12.5. The first-order valence-corrected chi connectivity index (χ1v) is 5.69. The molecule has 0 saturated heterocycles. The Morgan fingerprint density at radius 3 is 3.00 bits per heavy atom. The van der Waals surface area contributed by atoms with Gasteiger partial charge in [-0.3, -0.25) is 4.79 Å². The van der Waals surface area contributed by atoms with Crippen LogP contribution >= 0.6 is 11.6 Å². The van der Waals surface area contributed by atoms with Crippen LogP contribution < -0.4 is 0 Å². The average Bonchev–Trinajstić information content (AvgIpc) is 2.77. The van der Waals surface area contributed by atoms with Crippen molar-refractivity contribution in [1.82, 2.24) is 5.01 Å². The quantitative estimate of drug-likeness (QED) is 0.815. The molecule has 0 radical (unpaired) electrons. The average molecular weight is 262 g/mol. The lowest BCUT2D eigenvalue weighted by Crippen LogP contribution is -2.35. The molecule has 2 heterocycles. The zero-order valence-corrected chi connectivity index (χ0v) is 9.95. The number of carbonyl (C=O) groups is 1. The fraction of sp³-hybridized carbons (Fsp3) is 0.182. The van der Waals surface area contributed by atoms with Gasteiger partial charge in [0.2, 0.25) is 6.04 Å². The maximum atomic E-state index is 11.5. The van der Waals surface area contributed by atoms with E-state index in [0.29, 0.717) is 17.4 Å². The summed E-state index contributed by atoms with van der Waals surface area (Å²) in [6.07, 6.45) is 1.23. The van der Waals surface area contributed by atoms with Crippen molar-refractivity contribution in [2.75, 3.05) is 0 Å². The molecule has 6 nitrogen and oxygen atoms in total. The third-order valence-electron chi connectivity index (χ3n) is 2.67. The number of hydrogen-bond acceptors (Lipinski definition) is 5. The fourth-order valence-electron chi connectivity index (χ4n) is 1.77. The maximum absolute atomic E-state index is 11.5. The predicted molar refractivity (Wildman–Crippen MR) is 66.6 cm³/mol. The SMILES string of the molecule is O=C1N=CN=C2C1N=NN2Cc1ccccc1Cl. The third kappa shape index (κ3) is 1.80. The summed E-state index contributed by atoms with van der Waals surface area (Å²) >= 11 is 6.07. The lowest BCUT2D eigenvalue weighted by molar-refractivity contribution is -0.117. The Bertz CT molecular complexity index is 595. The Balaban J connectivity index is 1.85. The first kappa shape index (κ1) is 11.0. The van der Waals surface area contributed by atoms with Crippen LogP contribution in [0.3, 0.4) is 0 Å². The summed E-state index contributed by atoms with van der Waals surface area (Å²) in [5.74, 6) is 0.153. The third-order valence-corrected chi connectivity index (χ3v) is 3.04. The highest BCUT2D eigenvalue weighted by molar-refractivity contribution is 6.31. The molecular weight excluding hydrogens is 254 g/mol. The largest absolute Gasteiger partial charge is 0.281 e. The molecule has 1 aromatic rings. The van der Waals surface area contributed by atoms with Gasteiger partial charge >= 0.3 is 0 Å². The fourth-order valence-corrected chi connectivity index (χ4v) is 1.96. The number of aliphatic imine (C=N–C) groups is 2. The summed E-state index contributed by atoms with van der Waals surface area (Å²) < 4.78 is 0. The highest BCUT2D eigenvalue weighted by Crippen LogP contribution is 2.22. The van der Waals surface area contributed by atoms with Crippen LogP contribution in [-0.2, 0) is 11.3 Å². The topological polar surface area (TPSA) is 69.7 Å². The molecule has 0 bridgehead atoms. The number of fused-ring (bicyclic) bond motifs is 1. The standard InChI is InChI=1S/C11H8ClN5O/c12-8-4-2-1-3-7(8)5-17-10-9(15-16-17)11(18)14-6-13-10/h1-4,6,9H,5H2. The van der Waals surface area contributed by atoms with Gasteiger partial charge in [0, 0.05) is 5.02 Å². The van der Waals surface area contributed by atoms with Gasteiger partial charge in [-0.15, -0.1) is 5.11 Å². The van der Waals surface area contributed by atoms with Crippen LogP contribution in [0.5, 0.6) is 0 Å². The molecule has 2 aliphatic heterocycles. The van der Waals surface area contributed by atoms with Gasteiger partial charge in [0.15, 0.2) is 5.84 Å². The molecule has 0 aliphatic carbocycles. The normalized spacial score (nSPS) is 21.2. The van der Waals surface area contributed by atoms with Crippen molar-refractivity contribution >= 4 is 29.7 Å². The monoisotopic (exact) mass is 261 g/mol. The predicted octanol–water partition coefficient (Wildman–Crippen LogP) is 1.86. The molecule has 18 heavy (non-hydrogen) atoms. The highest BCUT2D eigenvalue weighted by Gasteiger charge is 2.35. The minimum Gasteiger partial charge on any atom is -0.269 e. The van der Waals surface area contributed by atoms with Crippen LogP contribution in [0.1, 0.15) is 5.56 Å². The van der Waals surface area contributed by atoms with Crippen molar-refractivity contribution in [2.45, 2.75) is 12.6 Å². The van der Waals surface area contributed by atoms with E-state index >= 15 is 0 Å². The Labute approximate surface area is 108 Å². The Kier molecular flexibility index (Phi) is 2.64. The second-order valence-electron chi connectivity index (χ2n) is 3.83. The van der Waals surface area contributed by atoms with Crippen molar-refractivity contribution in [3.63, 3.8) is 0 Å². The van der Waals surface area contributed by atoms with Crippen LogP contribution in [0.2, 0.25) is 5.02 Å². The second-order valence-corrected chi connectivity index (χ2v) is 4.23. The summed E-state index contributed by atoms with van der Waals surface area (Å²) in [7, 11) is 0. The number of carbonyl (C=O) groups excluding carboxylic acids is 1. The van der Waals surface area contributed by atoms with E-state index in [2.05, 4.69) is 20.3 Å². The van der Waals surface area contributed by atoms with Gasteiger partial charge in [0.25, 0.3) is 5.91 Å². The minimum absolute atomic E-state index is 0.342. The molecule has 0 aromatic heterocycles. The number of amides is 1. The Morgan fingerprint density at radius 2 is 2.17 bits per heavy atom. The molecule has 0 spiro atoms. The van der Waals surface area contributed by atoms with Gasteiger partial charge in [-0.1, -0.05) is 35.0 Å². The van der Waals surface area contributed by atoms with Crippen LogP contribution in [0.15, 0.2) is 44.6 Å². The first-order chi connectivity index (χ1) is 8.75. The molecule has 7 heteroatoms. The maximum Gasteiger partial charge on any atom is 0.281 e. The van der Waals surface area contributed by atoms with Crippen molar-refractivity contribution in [3.8, 4) is 0 Å². The van der Waals surface area contributed by atoms with E-state index < -0.39 is 6.04 Å². The molecule has 90 valence electrons. The number of halogens is 1. The van der Waals surface area contributed by atoms with E-state index in [1.165, 1.54) is 6.34 Å². The second kappa shape index (κ2) is 4.30. The molecule has 0 N–H and O–H groups in total. The highest BCUT2D eigenvalue weighted by atomic mass is 35.5. The molecule has 1 atom stereocenters. The van der Waals surface area contributed by atoms with E-state index in [-0.39, 0.29) is 5.91 Å². The van der Waals surface area contributed by atoms with Crippen molar-refractivity contribution in [1.29, 1.82) is 0 Å². The summed E-state index contributed by atoms with van der Waals surface area (Å²) in [5, 5.41) is 10.0. The minimum atomic E-state index is -0.697. The Hall–Kier alpha value is -2.08. The number of nitrogens with zero attached hydrogens (tertiary/aromatic N) is 5. The lowest BCUT2D eigenvalue weighted by Gasteiger charge is -2.16. The van der Waals surface area contributed by atoms with E-state index in [9.17, 15) is 4.79 Å². The summed E-state index contributed by atoms with van der Waals surface area (Å²) in [6.45, 7) is 0.430. The first-order valence-electron chi connectivity index (χ1n) is 5.31. The number of amidine groups is 1. The number of hydrogen-bond donors (Lipinski definition) is 0. The zero-order valence-electron chi connectivity index (χ0n) is 9.19.